The Hall–Kier alpha value is -1.46. The lowest BCUT2D eigenvalue weighted by Gasteiger charge is -2.30. The van der Waals surface area contributed by atoms with Gasteiger partial charge >= 0.3 is 0 Å². The molecule has 1 aromatic carbocycles. The molecular formula is C17H27ClN2O3. The molecule has 2 atom stereocenters. The van der Waals surface area contributed by atoms with Crippen LogP contribution in [0.15, 0.2) is 18.2 Å². The van der Waals surface area contributed by atoms with E-state index in [9.17, 15) is 4.79 Å². The minimum Gasteiger partial charge on any atom is -0.497 e. The molecule has 130 valence electrons. The van der Waals surface area contributed by atoms with Crippen LogP contribution in [0.3, 0.4) is 0 Å². The van der Waals surface area contributed by atoms with Crippen LogP contribution in [0.1, 0.15) is 25.3 Å². The summed E-state index contributed by atoms with van der Waals surface area (Å²) in [4.78, 5) is 14.4. The van der Waals surface area contributed by atoms with Gasteiger partial charge in [-0.3, -0.25) is 4.79 Å². The van der Waals surface area contributed by atoms with Crippen LogP contribution in [-0.4, -0.2) is 44.7 Å². The van der Waals surface area contributed by atoms with Gasteiger partial charge in [-0.15, -0.1) is 12.4 Å². The Morgan fingerprint density at radius 3 is 2.70 bits per heavy atom. The van der Waals surface area contributed by atoms with E-state index in [1.807, 2.05) is 25.2 Å². The Bertz CT molecular complexity index is 525. The average Bonchev–Trinajstić information content (AvgIpc) is 2.54. The molecule has 1 heterocycles. The van der Waals surface area contributed by atoms with Crippen molar-refractivity contribution in [1.82, 2.24) is 10.2 Å². The van der Waals surface area contributed by atoms with E-state index >= 15 is 0 Å². The van der Waals surface area contributed by atoms with Crippen LogP contribution >= 0.6 is 12.4 Å². The Kier molecular flexibility index (Phi) is 7.65. The van der Waals surface area contributed by atoms with Gasteiger partial charge in [0.25, 0.3) is 0 Å². The molecule has 1 aliphatic rings. The van der Waals surface area contributed by atoms with E-state index in [2.05, 4.69) is 12.2 Å². The molecule has 5 nitrogen and oxygen atoms in total. The Morgan fingerprint density at radius 2 is 2.09 bits per heavy atom. The van der Waals surface area contributed by atoms with Crippen molar-refractivity contribution in [3.8, 4) is 11.5 Å². The lowest BCUT2D eigenvalue weighted by molar-refractivity contribution is -0.135. The summed E-state index contributed by atoms with van der Waals surface area (Å²) in [5, 5.41) is 3.38. The van der Waals surface area contributed by atoms with E-state index < -0.39 is 0 Å². The molecule has 6 heteroatoms. The van der Waals surface area contributed by atoms with Crippen LogP contribution in [0.4, 0.5) is 0 Å². The Balaban J connectivity index is 0.00000264. The number of hydrogen-bond donors (Lipinski definition) is 1. The molecule has 0 radical (unpaired) electrons. The number of rotatable bonds is 5. The molecule has 1 fully saturated rings. The molecule has 0 unspecified atom stereocenters. The van der Waals surface area contributed by atoms with Crippen molar-refractivity contribution in [2.45, 2.75) is 32.4 Å². The summed E-state index contributed by atoms with van der Waals surface area (Å²) >= 11 is 0. The van der Waals surface area contributed by atoms with Crippen molar-refractivity contribution in [1.29, 1.82) is 0 Å². The fraction of sp³-hybridized carbons (Fsp3) is 0.588. The van der Waals surface area contributed by atoms with E-state index in [-0.39, 0.29) is 24.2 Å². The van der Waals surface area contributed by atoms with Gasteiger partial charge in [0.15, 0.2) is 0 Å². The molecular weight excluding hydrogens is 316 g/mol. The zero-order chi connectivity index (χ0) is 16.1. The van der Waals surface area contributed by atoms with E-state index in [0.717, 1.165) is 36.4 Å². The van der Waals surface area contributed by atoms with Crippen molar-refractivity contribution in [3.63, 3.8) is 0 Å². The van der Waals surface area contributed by atoms with Crippen LogP contribution in [0.2, 0.25) is 0 Å². The molecule has 1 N–H and O–H groups in total. The number of piperidine rings is 1. The number of methoxy groups -OCH3 is 2. The average molecular weight is 343 g/mol. The molecule has 1 saturated heterocycles. The van der Waals surface area contributed by atoms with Gasteiger partial charge in [-0.05, 0) is 38.4 Å². The maximum Gasteiger partial charge on any atom is 0.225 e. The summed E-state index contributed by atoms with van der Waals surface area (Å²) in [7, 11) is 5.12. The molecule has 0 bridgehead atoms. The molecule has 0 aliphatic carbocycles. The summed E-state index contributed by atoms with van der Waals surface area (Å²) in [6, 6.07) is 6.10. The van der Waals surface area contributed by atoms with Crippen molar-refractivity contribution in [2.75, 3.05) is 27.8 Å². The topological polar surface area (TPSA) is 50.8 Å². The number of benzene rings is 1. The van der Waals surface area contributed by atoms with Crippen molar-refractivity contribution in [2.24, 2.45) is 5.92 Å². The van der Waals surface area contributed by atoms with Gasteiger partial charge in [0.2, 0.25) is 5.91 Å². The maximum absolute atomic E-state index is 12.6. The number of carbonyl (C=O) groups is 1. The lowest BCUT2D eigenvalue weighted by Crippen LogP contribution is -2.42. The molecule has 0 saturated carbocycles. The van der Waals surface area contributed by atoms with Gasteiger partial charge in [-0.2, -0.15) is 0 Å². The third-order valence-electron chi connectivity index (χ3n) is 4.25. The molecule has 2 rings (SSSR count). The molecule has 1 aromatic rings. The molecule has 23 heavy (non-hydrogen) atoms. The van der Waals surface area contributed by atoms with Gasteiger partial charge in [0.1, 0.15) is 11.5 Å². The Morgan fingerprint density at radius 1 is 1.35 bits per heavy atom. The van der Waals surface area contributed by atoms with Gasteiger partial charge in [0.05, 0.1) is 14.2 Å². The SMILES string of the molecule is COc1ccc(CN(C)C(=O)[C@H]2CCN[C@@H](C)C2)c(OC)c1.Cl. The maximum atomic E-state index is 12.6. The first kappa shape index (κ1) is 19.6. The minimum absolute atomic E-state index is 0. The van der Waals surface area contributed by atoms with Crippen molar-refractivity contribution < 1.29 is 14.3 Å². The van der Waals surface area contributed by atoms with Crippen LogP contribution in [-0.2, 0) is 11.3 Å². The Labute approximate surface area is 144 Å². The smallest absolute Gasteiger partial charge is 0.225 e. The van der Waals surface area contributed by atoms with E-state index in [1.165, 1.54) is 0 Å². The number of halogens is 1. The summed E-state index contributed by atoms with van der Waals surface area (Å²) in [5.41, 5.74) is 0.987. The van der Waals surface area contributed by atoms with Crippen LogP contribution in [0.5, 0.6) is 11.5 Å². The first-order chi connectivity index (χ1) is 10.5. The predicted octanol–water partition coefficient (Wildman–Crippen LogP) is 2.47. The second-order valence-corrected chi connectivity index (χ2v) is 5.95. The largest absolute Gasteiger partial charge is 0.497 e. The minimum atomic E-state index is 0. The third-order valence-corrected chi connectivity index (χ3v) is 4.25. The number of ether oxygens (including phenoxy) is 2. The highest BCUT2D eigenvalue weighted by molar-refractivity contribution is 5.85. The van der Waals surface area contributed by atoms with Crippen LogP contribution in [0.25, 0.3) is 0 Å². The molecule has 1 aliphatic heterocycles. The summed E-state index contributed by atoms with van der Waals surface area (Å²) < 4.78 is 10.6. The van der Waals surface area contributed by atoms with Crippen LogP contribution < -0.4 is 14.8 Å². The summed E-state index contributed by atoms with van der Waals surface area (Å²) in [6.07, 6.45) is 1.82. The third kappa shape index (κ3) is 5.01. The standard InChI is InChI=1S/C17H26N2O3.ClH/c1-12-9-13(7-8-18-12)17(20)19(2)11-14-5-6-15(21-3)10-16(14)22-4;/h5-6,10,12-13,18H,7-9,11H2,1-4H3;1H/t12-,13-;/m0./s1. The quantitative estimate of drug-likeness (QED) is 0.893. The van der Waals surface area contributed by atoms with Gasteiger partial charge in [-0.1, -0.05) is 0 Å². The zero-order valence-electron chi connectivity index (χ0n) is 14.3. The number of nitrogens with zero attached hydrogens (tertiary/aromatic N) is 1. The van der Waals surface area contributed by atoms with E-state index in [0.29, 0.717) is 12.6 Å². The molecule has 0 spiro atoms. The van der Waals surface area contributed by atoms with E-state index in [1.54, 1.807) is 19.1 Å². The highest BCUT2D eigenvalue weighted by Gasteiger charge is 2.27. The molecule has 1 amide bonds. The predicted molar refractivity (Wildman–Crippen MR) is 93.5 cm³/mol. The first-order valence-electron chi connectivity index (χ1n) is 7.74. The van der Waals surface area contributed by atoms with E-state index in [4.69, 9.17) is 9.47 Å². The zero-order valence-corrected chi connectivity index (χ0v) is 15.1. The number of carbonyl (C=O) groups excluding carboxylic acids is 1. The second kappa shape index (κ2) is 8.99. The second-order valence-electron chi connectivity index (χ2n) is 5.95. The summed E-state index contributed by atoms with van der Waals surface area (Å²) in [5.74, 6) is 1.83. The van der Waals surface area contributed by atoms with Gasteiger partial charge in [-0.25, -0.2) is 0 Å². The highest BCUT2D eigenvalue weighted by atomic mass is 35.5. The monoisotopic (exact) mass is 342 g/mol. The lowest BCUT2D eigenvalue weighted by atomic mass is 9.92. The van der Waals surface area contributed by atoms with Gasteiger partial charge in [0, 0.05) is 37.2 Å². The molecule has 0 aromatic heterocycles. The van der Waals surface area contributed by atoms with Gasteiger partial charge < -0.3 is 19.7 Å². The number of nitrogens with one attached hydrogen (secondary N) is 1. The summed E-state index contributed by atoms with van der Waals surface area (Å²) in [6.45, 7) is 3.59. The number of hydrogen-bond acceptors (Lipinski definition) is 4. The number of amides is 1. The fourth-order valence-electron chi connectivity index (χ4n) is 2.98. The fourth-order valence-corrected chi connectivity index (χ4v) is 2.98. The van der Waals surface area contributed by atoms with Crippen molar-refractivity contribution >= 4 is 18.3 Å². The van der Waals surface area contributed by atoms with Crippen LogP contribution in [0, 0.1) is 5.92 Å². The van der Waals surface area contributed by atoms with Crippen molar-refractivity contribution in [3.05, 3.63) is 23.8 Å². The normalized spacial score (nSPS) is 20.3. The first-order valence-corrected chi connectivity index (χ1v) is 7.74. The highest BCUT2D eigenvalue weighted by Crippen LogP contribution is 2.26.